The monoisotopic (exact) mass is 299 g/mol. The van der Waals surface area contributed by atoms with Crippen LogP contribution in [0.4, 0.5) is 0 Å². The molecule has 0 bridgehead atoms. The van der Waals surface area contributed by atoms with Crippen molar-refractivity contribution in [3.8, 4) is 0 Å². The summed E-state index contributed by atoms with van der Waals surface area (Å²) in [5.41, 5.74) is 4.55. The number of pyridine rings is 1. The maximum absolute atomic E-state index is 12.7. The molecule has 4 nitrogen and oxygen atoms in total. The zero-order valence-corrected chi connectivity index (χ0v) is 12.9. The van der Waals surface area contributed by atoms with Crippen molar-refractivity contribution in [1.29, 1.82) is 0 Å². The molecular formula is C16H17N3OS. The summed E-state index contributed by atoms with van der Waals surface area (Å²) in [5, 5.41) is 0.666. The van der Waals surface area contributed by atoms with Gasteiger partial charge < -0.3 is 4.90 Å². The number of aryl methyl sites for hydroxylation is 3. The molecule has 1 aliphatic heterocycles. The molecule has 108 valence electrons. The van der Waals surface area contributed by atoms with Gasteiger partial charge in [-0.15, -0.1) is 11.3 Å². The molecule has 2 aromatic rings. The van der Waals surface area contributed by atoms with E-state index in [1.807, 2.05) is 18.0 Å². The summed E-state index contributed by atoms with van der Waals surface area (Å²) < 4.78 is 0. The van der Waals surface area contributed by atoms with Crippen molar-refractivity contribution in [2.75, 3.05) is 0 Å². The molecular weight excluding hydrogens is 282 g/mol. The van der Waals surface area contributed by atoms with Crippen molar-refractivity contribution in [3.63, 3.8) is 0 Å². The Morgan fingerprint density at radius 1 is 1.24 bits per heavy atom. The smallest absolute Gasteiger partial charge is 0.283 e. The lowest BCUT2D eigenvalue weighted by atomic mass is 10.0. The molecule has 3 heterocycles. The van der Waals surface area contributed by atoms with Crippen molar-refractivity contribution >= 4 is 17.2 Å². The fraction of sp³-hybridized carbons (Fsp3) is 0.438. The van der Waals surface area contributed by atoms with Gasteiger partial charge in [0.25, 0.3) is 5.91 Å². The Hall–Kier alpha value is -1.75. The minimum Gasteiger partial charge on any atom is -0.328 e. The average molecular weight is 299 g/mol. The first-order valence-corrected chi connectivity index (χ1v) is 8.24. The van der Waals surface area contributed by atoms with Crippen LogP contribution in [0, 0.1) is 6.92 Å². The Kier molecular flexibility index (Phi) is 3.03. The van der Waals surface area contributed by atoms with E-state index in [1.54, 1.807) is 11.3 Å². The van der Waals surface area contributed by atoms with E-state index in [4.69, 9.17) is 0 Å². The van der Waals surface area contributed by atoms with Crippen molar-refractivity contribution in [2.45, 2.75) is 45.7 Å². The first-order chi connectivity index (χ1) is 10.2. The second-order valence-corrected chi connectivity index (χ2v) is 6.94. The van der Waals surface area contributed by atoms with Crippen LogP contribution in [0.25, 0.3) is 0 Å². The van der Waals surface area contributed by atoms with Crippen LogP contribution in [0.2, 0.25) is 0 Å². The molecule has 2 aromatic heterocycles. The van der Waals surface area contributed by atoms with Crippen LogP contribution >= 0.6 is 11.3 Å². The lowest BCUT2D eigenvalue weighted by molar-refractivity contribution is 0.0750. The summed E-state index contributed by atoms with van der Waals surface area (Å²) in [7, 11) is 0. The third-order valence-corrected chi connectivity index (χ3v) is 5.40. The minimum absolute atomic E-state index is 0.0725. The molecule has 0 spiro atoms. The molecule has 0 saturated carbocycles. The fourth-order valence-corrected chi connectivity index (χ4v) is 4.24. The van der Waals surface area contributed by atoms with Crippen LogP contribution in [-0.4, -0.2) is 20.8 Å². The van der Waals surface area contributed by atoms with Gasteiger partial charge in [0.05, 0.1) is 5.69 Å². The van der Waals surface area contributed by atoms with E-state index < -0.39 is 0 Å². The van der Waals surface area contributed by atoms with E-state index in [-0.39, 0.29) is 5.91 Å². The highest BCUT2D eigenvalue weighted by molar-refractivity contribution is 7.13. The third kappa shape index (κ3) is 2.25. The van der Waals surface area contributed by atoms with Crippen molar-refractivity contribution in [3.05, 3.63) is 44.7 Å². The number of thiazole rings is 1. The highest BCUT2D eigenvalue weighted by atomic mass is 32.1. The first-order valence-electron chi connectivity index (χ1n) is 7.43. The highest BCUT2D eigenvalue weighted by Crippen LogP contribution is 2.30. The summed E-state index contributed by atoms with van der Waals surface area (Å²) in [6, 6.07) is 2.08. The Bertz CT molecular complexity index is 699. The van der Waals surface area contributed by atoms with Gasteiger partial charge in [-0.25, -0.2) is 4.98 Å². The summed E-state index contributed by atoms with van der Waals surface area (Å²) in [6.07, 6.45) is 6.43. The van der Waals surface area contributed by atoms with Crippen LogP contribution in [0.1, 0.15) is 50.0 Å². The molecule has 0 aromatic carbocycles. The zero-order valence-electron chi connectivity index (χ0n) is 12.1. The molecule has 1 aliphatic carbocycles. The summed E-state index contributed by atoms with van der Waals surface area (Å²) in [6.45, 7) is 3.33. The van der Waals surface area contributed by atoms with Gasteiger partial charge in [-0.3, -0.25) is 9.78 Å². The molecule has 0 atom stereocenters. The van der Waals surface area contributed by atoms with Crippen molar-refractivity contribution in [1.82, 2.24) is 14.9 Å². The molecule has 5 heteroatoms. The number of fused-ring (bicyclic) bond motifs is 2. The Morgan fingerprint density at radius 3 is 2.90 bits per heavy atom. The molecule has 0 unspecified atom stereocenters. The molecule has 0 fully saturated rings. The summed E-state index contributed by atoms with van der Waals surface area (Å²) >= 11 is 1.59. The van der Waals surface area contributed by atoms with Gasteiger partial charge in [0.15, 0.2) is 5.01 Å². The van der Waals surface area contributed by atoms with Crippen molar-refractivity contribution in [2.24, 2.45) is 0 Å². The standard InChI is InChI=1S/C16H17N3OS/c1-10-6-11-8-19(9-12(11)7-17-10)16(20)15-18-13-4-2-3-5-14(13)21-15/h6-7H,2-5,8-9H2,1H3. The van der Waals surface area contributed by atoms with Crippen LogP contribution < -0.4 is 0 Å². The quantitative estimate of drug-likeness (QED) is 0.813. The number of carbonyl (C=O) groups excluding carboxylic acids is 1. The molecule has 21 heavy (non-hydrogen) atoms. The van der Waals surface area contributed by atoms with Gasteiger partial charge in [-0.2, -0.15) is 0 Å². The number of aromatic nitrogens is 2. The van der Waals surface area contributed by atoms with E-state index in [1.165, 1.54) is 23.3 Å². The van der Waals surface area contributed by atoms with Crippen LogP contribution in [-0.2, 0) is 25.9 Å². The number of amides is 1. The van der Waals surface area contributed by atoms with E-state index in [9.17, 15) is 4.79 Å². The Balaban J connectivity index is 1.58. The predicted molar refractivity (Wildman–Crippen MR) is 81.3 cm³/mol. The number of nitrogens with zero attached hydrogens (tertiary/aromatic N) is 3. The van der Waals surface area contributed by atoms with Gasteiger partial charge in [-0.05, 0) is 49.8 Å². The zero-order chi connectivity index (χ0) is 14.4. The van der Waals surface area contributed by atoms with Crippen LogP contribution in [0.5, 0.6) is 0 Å². The molecule has 1 amide bonds. The lowest BCUT2D eigenvalue weighted by Crippen LogP contribution is -2.25. The van der Waals surface area contributed by atoms with Gasteiger partial charge >= 0.3 is 0 Å². The maximum atomic E-state index is 12.7. The third-order valence-electron chi connectivity index (χ3n) is 4.26. The Morgan fingerprint density at radius 2 is 2.05 bits per heavy atom. The normalized spacial score (nSPS) is 16.7. The molecule has 2 aliphatic rings. The lowest BCUT2D eigenvalue weighted by Gasteiger charge is -2.12. The number of hydrogen-bond acceptors (Lipinski definition) is 4. The fourth-order valence-electron chi connectivity index (χ4n) is 3.12. The van der Waals surface area contributed by atoms with Crippen LogP contribution in [0.3, 0.4) is 0 Å². The molecule has 0 N–H and O–H groups in total. The van der Waals surface area contributed by atoms with Gasteiger partial charge in [0.2, 0.25) is 0 Å². The van der Waals surface area contributed by atoms with Gasteiger partial charge in [0, 0.05) is 29.9 Å². The SMILES string of the molecule is Cc1cc2c(cn1)CN(C(=O)c1nc3c(s1)CCCC3)C2. The maximum Gasteiger partial charge on any atom is 0.283 e. The number of rotatable bonds is 1. The van der Waals surface area contributed by atoms with E-state index in [0.717, 1.165) is 29.8 Å². The van der Waals surface area contributed by atoms with E-state index in [0.29, 0.717) is 18.1 Å². The van der Waals surface area contributed by atoms with Gasteiger partial charge in [-0.1, -0.05) is 0 Å². The molecule has 0 radical (unpaired) electrons. The van der Waals surface area contributed by atoms with E-state index >= 15 is 0 Å². The van der Waals surface area contributed by atoms with Crippen LogP contribution in [0.15, 0.2) is 12.3 Å². The average Bonchev–Trinajstić information content (AvgIpc) is 3.09. The second kappa shape index (κ2) is 4.91. The molecule has 0 saturated heterocycles. The Labute approximate surface area is 127 Å². The predicted octanol–water partition coefficient (Wildman–Crippen LogP) is 2.88. The van der Waals surface area contributed by atoms with Crippen molar-refractivity contribution < 1.29 is 4.79 Å². The highest BCUT2D eigenvalue weighted by Gasteiger charge is 2.28. The minimum atomic E-state index is 0.0725. The van der Waals surface area contributed by atoms with Gasteiger partial charge in [0.1, 0.15) is 0 Å². The topological polar surface area (TPSA) is 46.1 Å². The summed E-state index contributed by atoms with van der Waals surface area (Å²) in [5.74, 6) is 0.0725. The second-order valence-electron chi connectivity index (χ2n) is 5.85. The number of hydrogen-bond donors (Lipinski definition) is 0. The summed E-state index contributed by atoms with van der Waals surface area (Å²) in [4.78, 5) is 24.8. The first kappa shape index (κ1) is 13.0. The number of carbonyl (C=O) groups is 1. The largest absolute Gasteiger partial charge is 0.328 e. The van der Waals surface area contributed by atoms with E-state index in [2.05, 4.69) is 16.0 Å². The molecule has 4 rings (SSSR count).